The first-order valence-corrected chi connectivity index (χ1v) is 13.7. The van der Waals surface area contributed by atoms with Gasteiger partial charge in [0.25, 0.3) is 0 Å². The fourth-order valence-electron chi connectivity index (χ4n) is 5.36. The zero-order chi connectivity index (χ0) is 27.6. The van der Waals surface area contributed by atoms with E-state index >= 15 is 0 Å². The van der Waals surface area contributed by atoms with Crippen LogP contribution in [0.1, 0.15) is 43.5 Å². The highest BCUT2D eigenvalue weighted by Gasteiger charge is 2.25. The Kier molecular flexibility index (Phi) is 6.99. The molecule has 3 aromatic carbocycles. The highest BCUT2D eigenvalue weighted by Crippen LogP contribution is 2.38. The van der Waals surface area contributed by atoms with Crippen LogP contribution in [0.3, 0.4) is 0 Å². The van der Waals surface area contributed by atoms with Gasteiger partial charge < -0.3 is 19.9 Å². The van der Waals surface area contributed by atoms with Gasteiger partial charge in [-0.3, -0.25) is 9.48 Å². The van der Waals surface area contributed by atoms with Crippen molar-refractivity contribution in [2.24, 2.45) is 0 Å². The number of nitrogens with two attached hydrogens (primary N) is 1. The van der Waals surface area contributed by atoms with E-state index in [1.165, 1.54) is 6.42 Å². The molecule has 1 saturated carbocycles. The summed E-state index contributed by atoms with van der Waals surface area (Å²) in [5, 5.41) is 8.03. The maximum atomic E-state index is 12.3. The Labute approximate surface area is 232 Å². The summed E-state index contributed by atoms with van der Waals surface area (Å²) in [4.78, 5) is 16.6. The summed E-state index contributed by atoms with van der Waals surface area (Å²) < 4.78 is 19.1. The molecule has 1 aliphatic rings. The minimum atomic E-state index is -0.305. The van der Waals surface area contributed by atoms with E-state index in [0.29, 0.717) is 36.6 Å². The third-order valence-electron chi connectivity index (χ3n) is 7.64. The van der Waals surface area contributed by atoms with Crippen molar-refractivity contribution >= 4 is 33.5 Å². The molecular weight excluding hydrogens is 504 g/mol. The van der Waals surface area contributed by atoms with Gasteiger partial charge in [0.05, 0.1) is 37.4 Å². The van der Waals surface area contributed by atoms with E-state index in [1.54, 1.807) is 20.2 Å². The van der Waals surface area contributed by atoms with Crippen LogP contribution in [0.25, 0.3) is 32.8 Å². The second kappa shape index (κ2) is 10.9. The van der Waals surface area contributed by atoms with Crippen molar-refractivity contribution in [1.29, 1.82) is 0 Å². The third-order valence-corrected chi connectivity index (χ3v) is 7.64. The van der Waals surface area contributed by atoms with Crippen molar-refractivity contribution in [3.8, 4) is 22.6 Å². The Bertz CT molecular complexity index is 1710. The molecule has 0 radical (unpaired) electrons. The lowest BCUT2D eigenvalue weighted by Crippen LogP contribution is -2.21. The average Bonchev–Trinajstić information content (AvgIpc) is 3.28. The number of pyridine rings is 1. The fourth-order valence-corrected chi connectivity index (χ4v) is 5.36. The van der Waals surface area contributed by atoms with Crippen molar-refractivity contribution in [3.63, 3.8) is 0 Å². The second-order valence-electron chi connectivity index (χ2n) is 10.0. The number of ether oxygens (including phenoxy) is 3. The molecular formula is C32H32N4O4. The lowest BCUT2D eigenvalue weighted by Gasteiger charge is -2.27. The van der Waals surface area contributed by atoms with Crippen LogP contribution in [-0.2, 0) is 22.6 Å². The molecule has 2 aromatic heterocycles. The molecule has 0 unspecified atom stereocenters. The highest BCUT2D eigenvalue weighted by atomic mass is 16.5. The van der Waals surface area contributed by atoms with Gasteiger partial charge in [0.15, 0.2) is 0 Å². The van der Waals surface area contributed by atoms with Crippen LogP contribution in [0.5, 0.6) is 11.5 Å². The Hall–Kier alpha value is -4.59. The molecule has 6 rings (SSSR count). The van der Waals surface area contributed by atoms with Gasteiger partial charge in [-0.25, -0.2) is 4.98 Å². The molecule has 2 N–H and O–H groups in total. The van der Waals surface area contributed by atoms with Gasteiger partial charge in [0, 0.05) is 22.5 Å². The van der Waals surface area contributed by atoms with E-state index in [9.17, 15) is 4.79 Å². The van der Waals surface area contributed by atoms with Crippen LogP contribution < -0.4 is 15.2 Å². The monoisotopic (exact) mass is 536 g/mol. The van der Waals surface area contributed by atoms with Crippen LogP contribution in [0.4, 0.5) is 5.82 Å². The Balaban J connectivity index is 1.39. The van der Waals surface area contributed by atoms with Crippen molar-refractivity contribution in [2.45, 2.75) is 45.3 Å². The van der Waals surface area contributed by atoms with E-state index < -0.39 is 0 Å². The lowest BCUT2D eigenvalue weighted by molar-refractivity contribution is -0.142. The first-order chi connectivity index (χ1) is 19.6. The number of rotatable bonds is 9. The van der Waals surface area contributed by atoms with Gasteiger partial charge >= 0.3 is 5.97 Å². The molecule has 0 saturated heterocycles. The highest BCUT2D eigenvalue weighted by molar-refractivity contribution is 6.02. The molecule has 0 atom stereocenters. The minimum absolute atomic E-state index is 0.103. The molecule has 204 valence electrons. The molecule has 0 spiro atoms. The predicted octanol–water partition coefficient (Wildman–Crippen LogP) is 6.25. The number of fused-ring (bicyclic) bond motifs is 2. The number of nitrogen functional groups attached to an aromatic ring is 1. The number of carbonyl (C=O) groups excluding carboxylic acids is 1. The second-order valence-corrected chi connectivity index (χ2v) is 10.0. The summed E-state index contributed by atoms with van der Waals surface area (Å²) in [5.74, 6) is 1.50. The SMILES string of the molecule is CCOC(=O)Cc1cc(OC)ccc1OCc1c2cc(-c3cccc4c(N)nccc34)ccc2nn1C1CCC1. The standard InChI is InChI=1S/C32H32N4O4/c1-3-39-31(37)18-21-16-23(38-2)11-13-30(21)40-19-29-27-17-20(10-12-28(27)35-36(29)22-6-4-7-22)24-8-5-9-26-25(24)14-15-34-32(26)33/h5,8-17,22H,3-4,6-7,18-19H2,1-2H3,(H2,33,34). The Morgan fingerprint density at radius 3 is 2.70 bits per heavy atom. The summed E-state index contributed by atoms with van der Waals surface area (Å²) in [6.07, 6.45) is 5.24. The Morgan fingerprint density at radius 2 is 1.93 bits per heavy atom. The van der Waals surface area contributed by atoms with Gasteiger partial charge in [-0.2, -0.15) is 5.10 Å². The number of aromatic nitrogens is 3. The number of anilines is 1. The number of hydrogen-bond acceptors (Lipinski definition) is 7. The summed E-state index contributed by atoms with van der Waals surface area (Å²) in [5.41, 5.74) is 11.0. The van der Waals surface area contributed by atoms with E-state index in [2.05, 4.69) is 33.9 Å². The van der Waals surface area contributed by atoms with Crippen molar-refractivity contribution in [3.05, 3.63) is 78.1 Å². The largest absolute Gasteiger partial charge is 0.497 e. The summed E-state index contributed by atoms with van der Waals surface area (Å²) in [7, 11) is 1.60. The van der Waals surface area contributed by atoms with Crippen LogP contribution in [0, 0.1) is 0 Å². The average molecular weight is 537 g/mol. The molecule has 40 heavy (non-hydrogen) atoms. The van der Waals surface area contributed by atoms with Crippen LogP contribution >= 0.6 is 0 Å². The first-order valence-electron chi connectivity index (χ1n) is 13.7. The van der Waals surface area contributed by atoms with E-state index in [4.69, 9.17) is 25.0 Å². The van der Waals surface area contributed by atoms with Gasteiger partial charge in [-0.1, -0.05) is 24.3 Å². The summed E-state index contributed by atoms with van der Waals surface area (Å²) in [6.45, 7) is 2.44. The first kappa shape index (κ1) is 25.7. The van der Waals surface area contributed by atoms with Crippen LogP contribution in [0.15, 0.2) is 66.9 Å². The van der Waals surface area contributed by atoms with Gasteiger partial charge in [0.1, 0.15) is 23.9 Å². The lowest BCUT2D eigenvalue weighted by atomic mass is 9.93. The molecule has 8 heteroatoms. The quantitative estimate of drug-likeness (QED) is 0.222. The minimum Gasteiger partial charge on any atom is -0.497 e. The van der Waals surface area contributed by atoms with Crippen LogP contribution in [0.2, 0.25) is 0 Å². The third kappa shape index (κ3) is 4.81. The maximum Gasteiger partial charge on any atom is 0.310 e. The van der Waals surface area contributed by atoms with E-state index in [1.807, 2.05) is 36.4 Å². The zero-order valence-corrected chi connectivity index (χ0v) is 22.7. The number of carbonyl (C=O) groups is 1. The molecule has 2 heterocycles. The number of esters is 1. The molecule has 5 aromatic rings. The van der Waals surface area contributed by atoms with Gasteiger partial charge in [0.2, 0.25) is 0 Å². The number of benzene rings is 3. The maximum absolute atomic E-state index is 12.3. The van der Waals surface area contributed by atoms with E-state index in [0.717, 1.165) is 56.9 Å². The van der Waals surface area contributed by atoms with Gasteiger partial charge in [-0.15, -0.1) is 0 Å². The zero-order valence-electron chi connectivity index (χ0n) is 22.7. The van der Waals surface area contributed by atoms with Crippen molar-refractivity contribution in [1.82, 2.24) is 14.8 Å². The summed E-state index contributed by atoms with van der Waals surface area (Å²) >= 11 is 0. The van der Waals surface area contributed by atoms with E-state index in [-0.39, 0.29) is 12.4 Å². The number of hydrogen-bond donors (Lipinski definition) is 1. The molecule has 1 fully saturated rings. The molecule has 0 amide bonds. The normalized spacial score (nSPS) is 13.3. The fraction of sp³-hybridized carbons (Fsp3) is 0.281. The topological polar surface area (TPSA) is 101 Å². The molecule has 0 aliphatic heterocycles. The van der Waals surface area contributed by atoms with Crippen molar-refractivity contribution < 1.29 is 19.0 Å². The number of nitrogens with zero attached hydrogens (tertiary/aromatic N) is 3. The van der Waals surface area contributed by atoms with Crippen LogP contribution in [-0.4, -0.2) is 34.5 Å². The summed E-state index contributed by atoms with van der Waals surface area (Å²) in [6, 6.07) is 20.4. The Morgan fingerprint density at radius 1 is 1.05 bits per heavy atom. The molecule has 1 aliphatic carbocycles. The van der Waals surface area contributed by atoms with Gasteiger partial charge in [-0.05, 0) is 79.1 Å². The molecule has 8 nitrogen and oxygen atoms in total. The number of methoxy groups -OCH3 is 1. The predicted molar refractivity (Wildman–Crippen MR) is 155 cm³/mol. The van der Waals surface area contributed by atoms with Crippen molar-refractivity contribution in [2.75, 3.05) is 19.5 Å². The smallest absolute Gasteiger partial charge is 0.310 e. The molecule has 0 bridgehead atoms.